The molecule has 0 amide bonds. The lowest BCUT2D eigenvalue weighted by Gasteiger charge is -2.11. The smallest absolute Gasteiger partial charge is 0.174 e. The van der Waals surface area contributed by atoms with Crippen molar-refractivity contribution in [3.05, 3.63) is 22.1 Å². The third-order valence-corrected chi connectivity index (χ3v) is 5.66. The normalized spacial score (nSPS) is 14.4. The summed E-state index contributed by atoms with van der Waals surface area (Å²) in [6, 6.07) is 0. The lowest BCUT2D eigenvalue weighted by molar-refractivity contribution is 0.700. The van der Waals surface area contributed by atoms with Crippen LogP contribution in [0.25, 0.3) is 20.9 Å². The molecule has 0 aliphatic heterocycles. The molecule has 0 aromatic carbocycles. The molecule has 4 rings (SSSR count). The van der Waals surface area contributed by atoms with E-state index < -0.39 is 0 Å². The fourth-order valence-corrected chi connectivity index (χ4v) is 4.59. The second-order valence-electron chi connectivity index (χ2n) is 4.90. The standard InChI is InChI=1S/C14H14N4S2/c1-15-13-11-8-4-2-3-5-9(8)20-14(11)18-12(17-13)10-6-16-7-19-10/h6-7H,2-5H2,1H3,(H,15,17,18). The van der Waals surface area contributed by atoms with E-state index >= 15 is 0 Å². The summed E-state index contributed by atoms with van der Waals surface area (Å²) in [5, 5.41) is 4.48. The number of thiophene rings is 1. The van der Waals surface area contributed by atoms with Crippen molar-refractivity contribution < 1.29 is 0 Å². The molecule has 1 aliphatic rings. The average molecular weight is 302 g/mol. The Kier molecular flexibility index (Phi) is 2.93. The van der Waals surface area contributed by atoms with Gasteiger partial charge in [-0.05, 0) is 31.2 Å². The third kappa shape index (κ3) is 1.83. The molecule has 3 heterocycles. The largest absolute Gasteiger partial charge is 0.372 e. The van der Waals surface area contributed by atoms with Crippen molar-refractivity contribution in [3.63, 3.8) is 0 Å². The molecule has 0 spiro atoms. The summed E-state index contributed by atoms with van der Waals surface area (Å²) in [6.07, 6.45) is 6.75. The molecule has 0 bridgehead atoms. The highest BCUT2D eigenvalue weighted by Gasteiger charge is 2.21. The van der Waals surface area contributed by atoms with Crippen LogP contribution >= 0.6 is 22.7 Å². The molecule has 1 aliphatic carbocycles. The molecular formula is C14H14N4S2. The topological polar surface area (TPSA) is 50.7 Å². The van der Waals surface area contributed by atoms with Crippen LogP contribution in [0.3, 0.4) is 0 Å². The molecule has 0 atom stereocenters. The molecular weight excluding hydrogens is 288 g/mol. The van der Waals surface area contributed by atoms with E-state index in [1.807, 2.05) is 30.1 Å². The van der Waals surface area contributed by atoms with Crippen molar-refractivity contribution >= 4 is 38.7 Å². The zero-order valence-electron chi connectivity index (χ0n) is 11.1. The maximum atomic E-state index is 4.77. The van der Waals surface area contributed by atoms with E-state index in [-0.39, 0.29) is 0 Å². The number of anilines is 1. The van der Waals surface area contributed by atoms with Crippen molar-refractivity contribution in [2.45, 2.75) is 25.7 Å². The Balaban J connectivity index is 1.99. The molecule has 0 saturated carbocycles. The predicted octanol–water partition coefficient (Wildman–Crippen LogP) is 3.74. The number of fused-ring (bicyclic) bond motifs is 3. The van der Waals surface area contributed by atoms with Gasteiger partial charge in [-0.2, -0.15) is 0 Å². The van der Waals surface area contributed by atoms with Gasteiger partial charge in [0.15, 0.2) is 5.82 Å². The second kappa shape index (κ2) is 4.79. The number of hydrogen-bond acceptors (Lipinski definition) is 6. The number of aromatic nitrogens is 3. The van der Waals surface area contributed by atoms with Crippen LogP contribution in [0.15, 0.2) is 11.7 Å². The highest BCUT2D eigenvalue weighted by molar-refractivity contribution is 7.19. The van der Waals surface area contributed by atoms with E-state index in [1.54, 1.807) is 11.3 Å². The third-order valence-electron chi connectivity index (χ3n) is 3.70. The van der Waals surface area contributed by atoms with E-state index in [4.69, 9.17) is 9.97 Å². The molecule has 3 aromatic heterocycles. The first kappa shape index (κ1) is 12.2. The Morgan fingerprint density at radius 2 is 2.10 bits per heavy atom. The molecule has 0 unspecified atom stereocenters. The number of nitrogens with one attached hydrogen (secondary N) is 1. The molecule has 20 heavy (non-hydrogen) atoms. The van der Waals surface area contributed by atoms with E-state index in [2.05, 4.69) is 10.3 Å². The van der Waals surface area contributed by atoms with Gasteiger partial charge in [0.05, 0.1) is 15.8 Å². The summed E-state index contributed by atoms with van der Waals surface area (Å²) in [4.78, 5) is 17.2. The monoisotopic (exact) mass is 302 g/mol. The molecule has 102 valence electrons. The molecule has 0 radical (unpaired) electrons. The van der Waals surface area contributed by atoms with Crippen molar-refractivity contribution in [3.8, 4) is 10.7 Å². The van der Waals surface area contributed by atoms with Crippen LogP contribution in [0.1, 0.15) is 23.3 Å². The van der Waals surface area contributed by atoms with E-state index in [1.165, 1.54) is 35.1 Å². The minimum atomic E-state index is 0.781. The van der Waals surface area contributed by atoms with Crippen molar-refractivity contribution in [1.29, 1.82) is 0 Å². The first-order valence-corrected chi connectivity index (χ1v) is 8.45. The fraction of sp³-hybridized carbons (Fsp3) is 0.357. The van der Waals surface area contributed by atoms with Gasteiger partial charge in [-0.15, -0.1) is 22.7 Å². The zero-order chi connectivity index (χ0) is 13.5. The average Bonchev–Trinajstić information content (AvgIpc) is 3.13. The van der Waals surface area contributed by atoms with Crippen molar-refractivity contribution in [2.75, 3.05) is 12.4 Å². The molecule has 6 heteroatoms. The SMILES string of the molecule is CNc1nc(-c2cncs2)nc2sc3c(c12)CCCC3. The molecule has 1 N–H and O–H groups in total. The molecule has 4 nitrogen and oxygen atoms in total. The van der Waals surface area contributed by atoms with Crippen molar-refractivity contribution in [2.24, 2.45) is 0 Å². The fourth-order valence-electron chi connectivity index (χ4n) is 2.77. The second-order valence-corrected chi connectivity index (χ2v) is 6.87. The lowest BCUT2D eigenvalue weighted by Crippen LogP contribution is -2.01. The number of nitrogens with zero attached hydrogens (tertiary/aromatic N) is 3. The quantitative estimate of drug-likeness (QED) is 0.783. The van der Waals surface area contributed by atoms with Crippen LogP contribution in [0.2, 0.25) is 0 Å². The Morgan fingerprint density at radius 1 is 1.20 bits per heavy atom. The van der Waals surface area contributed by atoms with E-state index in [0.29, 0.717) is 0 Å². The molecule has 0 saturated heterocycles. The Hall–Kier alpha value is -1.53. The number of aryl methyl sites for hydroxylation is 2. The number of hydrogen-bond donors (Lipinski definition) is 1. The highest BCUT2D eigenvalue weighted by Crippen LogP contribution is 2.39. The number of rotatable bonds is 2. The summed E-state index contributed by atoms with van der Waals surface area (Å²) in [7, 11) is 1.94. The Bertz CT molecular complexity index is 761. The van der Waals surface area contributed by atoms with Crippen molar-refractivity contribution in [1.82, 2.24) is 15.0 Å². The van der Waals surface area contributed by atoms with Crippen LogP contribution in [0.5, 0.6) is 0 Å². The minimum Gasteiger partial charge on any atom is -0.372 e. The first-order valence-electron chi connectivity index (χ1n) is 6.75. The summed E-state index contributed by atoms with van der Waals surface area (Å²) in [6.45, 7) is 0. The van der Waals surface area contributed by atoms with Gasteiger partial charge in [0.25, 0.3) is 0 Å². The molecule has 0 fully saturated rings. The summed E-state index contributed by atoms with van der Waals surface area (Å²) < 4.78 is 0. The van der Waals surface area contributed by atoms with Gasteiger partial charge in [0, 0.05) is 18.1 Å². The van der Waals surface area contributed by atoms with Crippen LogP contribution in [0, 0.1) is 0 Å². The van der Waals surface area contributed by atoms with Crippen LogP contribution < -0.4 is 5.32 Å². The van der Waals surface area contributed by atoms with E-state index in [9.17, 15) is 0 Å². The minimum absolute atomic E-state index is 0.781. The summed E-state index contributed by atoms with van der Waals surface area (Å²) >= 11 is 3.41. The van der Waals surface area contributed by atoms with Crippen LogP contribution in [-0.4, -0.2) is 22.0 Å². The maximum Gasteiger partial charge on any atom is 0.174 e. The van der Waals surface area contributed by atoms with Crippen LogP contribution in [0.4, 0.5) is 5.82 Å². The van der Waals surface area contributed by atoms with Gasteiger partial charge in [-0.3, -0.25) is 4.98 Å². The lowest BCUT2D eigenvalue weighted by atomic mass is 9.97. The predicted molar refractivity (Wildman–Crippen MR) is 84.7 cm³/mol. The van der Waals surface area contributed by atoms with Gasteiger partial charge in [0.2, 0.25) is 0 Å². The Labute approximate surface area is 124 Å². The van der Waals surface area contributed by atoms with Gasteiger partial charge < -0.3 is 5.32 Å². The van der Waals surface area contributed by atoms with E-state index in [0.717, 1.165) is 27.8 Å². The Morgan fingerprint density at radius 3 is 2.90 bits per heavy atom. The maximum absolute atomic E-state index is 4.77. The van der Waals surface area contributed by atoms with Gasteiger partial charge >= 0.3 is 0 Å². The first-order chi connectivity index (χ1) is 9.86. The van der Waals surface area contributed by atoms with Gasteiger partial charge in [0.1, 0.15) is 10.6 Å². The summed E-state index contributed by atoms with van der Waals surface area (Å²) in [5.41, 5.74) is 3.29. The van der Waals surface area contributed by atoms with Gasteiger partial charge in [-0.1, -0.05) is 0 Å². The number of thiazole rings is 1. The van der Waals surface area contributed by atoms with Crippen LogP contribution in [-0.2, 0) is 12.8 Å². The molecule has 3 aromatic rings. The summed E-state index contributed by atoms with van der Waals surface area (Å²) in [5.74, 6) is 1.74. The highest BCUT2D eigenvalue weighted by atomic mass is 32.1. The zero-order valence-corrected chi connectivity index (χ0v) is 12.8. The van der Waals surface area contributed by atoms with Gasteiger partial charge in [-0.25, -0.2) is 9.97 Å².